The number of carbonyl (C=O) groups excluding carboxylic acids is 1. The second kappa shape index (κ2) is 4.58. The highest BCUT2D eigenvalue weighted by molar-refractivity contribution is 5.78. The smallest absolute Gasteiger partial charge is 0.246 e. The molecule has 1 rings (SSSR count). The highest BCUT2D eigenvalue weighted by Gasteiger charge is 2.28. The van der Waals surface area contributed by atoms with Crippen LogP contribution >= 0.6 is 0 Å². The summed E-state index contributed by atoms with van der Waals surface area (Å²) in [5, 5.41) is 12.6. The zero-order valence-corrected chi connectivity index (χ0v) is 7.99. The predicted molar refractivity (Wildman–Crippen MR) is 50.0 cm³/mol. The number of rotatable bonds is 3. The van der Waals surface area contributed by atoms with Crippen molar-refractivity contribution in [2.75, 3.05) is 7.05 Å². The zero-order chi connectivity index (χ0) is 9.84. The van der Waals surface area contributed by atoms with Crippen LogP contribution in [0.4, 0.5) is 0 Å². The van der Waals surface area contributed by atoms with E-state index in [4.69, 9.17) is 5.73 Å². The van der Waals surface area contributed by atoms with E-state index in [2.05, 4.69) is 5.32 Å². The van der Waals surface area contributed by atoms with Gasteiger partial charge in [-0.1, -0.05) is 0 Å². The Labute approximate surface area is 78.5 Å². The van der Waals surface area contributed by atoms with Gasteiger partial charge in [0.2, 0.25) is 5.91 Å². The van der Waals surface area contributed by atoms with Gasteiger partial charge < -0.3 is 16.2 Å². The van der Waals surface area contributed by atoms with Gasteiger partial charge in [-0.15, -0.1) is 0 Å². The van der Waals surface area contributed by atoms with Crippen molar-refractivity contribution in [3.05, 3.63) is 0 Å². The Morgan fingerprint density at radius 3 is 2.38 bits per heavy atom. The van der Waals surface area contributed by atoms with Crippen molar-refractivity contribution in [2.24, 2.45) is 11.7 Å². The summed E-state index contributed by atoms with van der Waals surface area (Å²) < 4.78 is 0. The number of carbonyl (C=O) groups is 1. The Kier molecular flexibility index (Phi) is 3.69. The standard InChI is InChI=1S/C9H18N2O2/c1-11-7-4-2-6(3-5-7)8(12)9(10)13/h6-8,11-12H,2-5H2,1H3,(H2,10,13)/t6?,7?,8-/m1/s1. The highest BCUT2D eigenvalue weighted by atomic mass is 16.3. The molecule has 1 saturated carbocycles. The molecule has 0 spiro atoms. The fourth-order valence-electron chi connectivity index (χ4n) is 1.96. The molecule has 0 aromatic heterocycles. The lowest BCUT2D eigenvalue weighted by atomic mass is 9.82. The van der Waals surface area contributed by atoms with Crippen LogP contribution in [0.25, 0.3) is 0 Å². The van der Waals surface area contributed by atoms with Crippen molar-refractivity contribution in [2.45, 2.75) is 37.8 Å². The van der Waals surface area contributed by atoms with Gasteiger partial charge in [0, 0.05) is 6.04 Å². The average molecular weight is 186 g/mol. The molecule has 0 bridgehead atoms. The minimum absolute atomic E-state index is 0.0714. The number of amides is 1. The molecule has 1 fully saturated rings. The number of aliphatic hydroxyl groups excluding tert-OH is 1. The molecule has 0 aliphatic heterocycles. The van der Waals surface area contributed by atoms with E-state index < -0.39 is 12.0 Å². The zero-order valence-electron chi connectivity index (χ0n) is 7.99. The molecular weight excluding hydrogens is 168 g/mol. The van der Waals surface area contributed by atoms with Crippen LogP contribution in [0.2, 0.25) is 0 Å². The van der Waals surface area contributed by atoms with Crippen LogP contribution in [-0.4, -0.2) is 30.2 Å². The summed E-state index contributed by atoms with van der Waals surface area (Å²) in [4.78, 5) is 10.7. The van der Waals surface area contributed by atoms with E-state index in [0.717, 1.165) is 25.7 Å². The number of nitrogens with two attached hydrogens (primary N) is 1. The lowest BCUT2D eigenvalue weighted by Gasteiger charge is -2.29. The maximum Gasteiger partial charge on any atom is 0.246 e. The Balaban J connectivity index is 2.36. The first kappa shape index (κ1) is 10.5. The highest BCUT2D eigenvalue weighted by Crippen LogP contribution is 2.26. The van der Waals surface area contributed by atoms with Crippen molar-refractivity contribution in [3.8, 4) is 0 Å². The molecule has 1 atom stereocenters. The van der Waals surface area contributed by atoms with Gasteiger partial charge in [-0.05, 0) is 38.6 Å². The van der Waals surface area contributed by atoms with Crippen molar-refractivity contribution in [1.82, 2.24) is 5.32 Å². The fourth-order valence-corrected chi connectivity index (χ4v) is 1.96. The van der Waals surface area contributed by atoms with Crippen molar-refractivity contribution in [1.29, 1.82) is 0 Å². The van der Waals surface area contributed by atoms with Gasteiger partial charge >= 0.3 is 0 Å². The van der Waals surface area contributed by atoms with E-state index in [9.17, 15) is 9.90 Å². The Bertz CT molecular complexity index is 176. The molecule has 4 nitrogen and oxygen atoms in total. The first-order chi connectivity index (χ1) is 6.15. The van der Waals surface area contributed by atoms with Crippen LogP contribution < -0.4 is 11.1 Å². The third-order valence-electron chi connectivity index (χ3n) is 2.92. The third-order valence-corrected chi connectivity index (χ3v) is 2.92. The molecule has 1 amide bonds. The topological polar surface area (TPSA) is 75.3 Å². The minimum atomic E-state index is -0.946. The second-order valence-electron chi connectivity index (χ2n) is 3.75. The Morgan fingerprint density at radius 1 is 1.46 bits per heavy atom. The fraction of sp³-hybridized carbons (Fsp3) is 0.889. The Hall–Kier alpha value is -0.610. The molecule has 4 heteroatoms. The molecule has 1 aliphatic rings. The summed E-state index contributed by atoms with van der Waals surface area (Å²) in [6.45, 7) is 0. The molecule has 13 heavy (non-hydrogen) atoms. The number of hydrogen-bond donors (Lipinski definition) is 3. The SMILES string of the molecule is CNC1CCC([C@@H](O)C(N)=O)CC1. The molecular formula is C9H18N2O2. The van der Waals surface area contributed by atoms with E-state index >= 15 is 0 Å². The minimum Gasteiger partial charge on any atom is -0.383 e. The van der Waals surface area contributed by atoms with E-state index in [1.54, 1.807) is 0 Å². The van der Waals surface area contributed by atoms with Gasteiger partial charge in [0.15, 0.2) is 0 Å². The van der Waals surface area contributed by atoms with Gasteiger partial charge in [0.25, 0.3) is 0 Å². The number of hydrogen-bond acceptors (Lipinski definition) is 3. The van der Waals surface area contributed by atoms with E-state index in [1.165, 1.54) is 0 Å². The van der Waals surface area contributed by atoms with Gasteiger partial charge in [0.1, 0.15) is 6.10 Å². The summed E-state index contributed by atoms with van der Waals surface area (Å²) in [5.74, 6) is -0.519. The summed E-state index contributed by atoms with van der Waals surface area (Å²) in [6.07, 6.45) is 2.86. The number of nitrogens with one attached hydrogen (secondary N) is 1. The largest absolute Gasteiger partial charge is 0.383 e. The van der Waals surface area contributed by atoms with Gasteiger partial charge in [-0.2, -0.15) is 0 Å². The van der Waals surface area contributed by atoms with Crippen LogP contribution in [-0.2, 0) is 4.79 Å². The van der Waals surface area contributed by atoms with Gasteiger partial charge in [-0.25, -0.2) is 0 Å². The molecule has 4 N–H and O–H groups in total. The third kappa shape index (κ3) is 2.67. The normalized spacial score (nSPS) is 31.2. The van der Waals surface area contributed by atoms with Crippen LogP contribution in [0.1, 0.15) is 25.7 Å². The van der Waals surface area contributed by atoms with Crippen molar-refractivity contribution in [3.63, 3.8) is 0 Å². The summed E-state index contributed by atoms with van der Waals surface area (Å²) in [6, 6.07) is 0.538. The van der Waals surface area contributed by atoms with Gasteiger partial charge in [-0.3, -0.25) is 4.79 Å². The summed E-state index contributed by atoms with van der Waals surface area (Å²) in [5.41, 5.74) is 5.03. The molecule has 0 radical (unpaired) electrons. The first-order valence-corrected chi connectivity index (χ1v) is 4.79. The molecule has 1 aliphatic carbocycles. The van der Waals surface area contributed by atoms with Crippen molar-refractivity contribution >= 4 is 5.91 Å². The molecule has 0 unspecified atom stereocenters. The monoisotopic (exact) mass is 186 g/mol. The quantitative estimate of drug-likeness (QED) is 0.562. The van der Waals surface area contributed by atoms with E-state index in [1.807, 2.05) is 7.05 Å². The molecule has 0 heterocycles. The molecule has 0 saturated heterocycles. The van der Waals surface area contributed by atoms with Gasteiger partial charge in [0.05, 0.1) is 0 Å². The average Bonchev–Trinajstić information content (AvgIpc) is 2.17. The van der Waals surface area contributed by atoms with Crippen LogP contribution in [0.5, 0.6) is 0 Å². The maximum atomic E-state index is 10.7. The maximum absolute atomic E-state index is 10.7. The molecule has 76 valence electrons. The Morgan fingerprint density at radius 2 is 2.00 bits per heavy atom. The lowest BCUT2D eigenvalue weighted by Crippen LogP contribution is -2.39. The number of primary amides is 1. The molecule has 0 aromatic rings. The first-order valence-electron chi connectivity index (χ1n) is 4.79. The van der Waals surface area contributed by atoms with E-state index in [-0.39, 0.29) is 5.92 Å². The number of aliphatic hydroxyl groups is 1. The van der Waals surface area contributed by atoms with Crippen molar-refractivity contribution < 1.29 is 9.90 Å². The van der Waals surface area contributed by atoms with E-state index in [0.29, 0.717) is 6.04 Å². The summed E-state index contributed by atoms with van der Waals surface area (Å²) >= 11 is 0. The molecule has 0 aromatic carbocycles. The predicted octanol–water partition coefficient (Wildman–Crippen LogP) is -0.389. The van der Waals surface area contributed by atoms with Crippen LogP contribution in [0, 0.1) is 5.92 Å². The summed E-state index contributed by atoms with van der Waals surface area (Å²) in [7, 11) is 1.94. The second-order valence-corrected chi connectivity index (χ2v) is 3.75. The lowest BCUT2D eigenvalue weighted by molar-refractivity contribution is -0.129. The van der Waals surface area contributed by atoms with Crippen LogP contribution in [0.3, 0.4) is 0 Å². The van der Waals surface area contributed by atoms with Crippen LogP contribution in [0.15, 0.2) is 0 Å².